The third-order valence-electron chi connectivity index (χ3n) is 2.47. The monoisotopic (exact) mass is 257 g/mol. The van der Waals surface area contributed by atoms with E-state index in [1.165, 1.54) is 6.07 Å². The molecule has 1 aromatic carbocycles. The zero-order chi connectivity index (χ0) is 13.4. The number of benzene rings is 1. The molecule has 0 atom stereocenters. The molecular weight excluding hydrogens is 240 g/mol. The minimum atomic E-state index is -0.881. The summed E-state index contributed by atoms with van der Waals surface area (Å²) in [5.74, 6) is -1.85. The van der Waals surface area contributed by atoms with E-state index in [0.29, 0.717) is 25.1 Å². The van der Waals surface area contributed by atoms with Gasteiger partial charge in [-0.05, 0) is 30.5 Å². The van der Waals surface area contributed by atoms with Gasteiger partial charge in [-0.1, -0.05) is 6.07 Å². The maximum atomic E-state index is 12.9. The molecule has 100 valence electrons. The minimum absolute atomic E-state index is 0.101. The third kappa shape index (κ3) is 5.23. The van der Waals surface area contributed by atoms with Gasteiger partial charge in [0.2, 0.25) is 5.91 Å². The zero-order valence-corrected chi connectivity index (χ0v) is 10.3. The number of carbonyl (C=O) groups is 1. The van der Waals surface area contributed by atoms with Gasteiger partial charge >= 0.3 is 0 Å². The maximum Gasteiger partial charge on any atom is 0.220 e. The Hall–Kier alpha value is -1.49. The molecule has 0 unspecified atom stereocenters. The van der Waals surface area contributed by atoms with Crippen molar-refractivity contribution in [3.8, 4) is 0 Å². The summed E-state index contributed by atoms with van der Waals surface area (Å²) in [6, 6.07) is 3.67. The second kappa shape index (κ2) is 7.76. The number of hydrogen-bond donors (Lipinski definition) is 1. The molecule has 0 aliphatic heterocycles. The van der Waals surface area contributed by atoms with Crippen molar-refractivity contribution < 1.29 is 18.3 Å². The van der Waals surface area contributed by atoms with E-state index in [1.807, 2.05) is 0 Å². The number of rotatable bonds is 7. The summed E-state index contributed by atoms with van der Waals surface area (Å²) in [5, 5.41) is 2.73. The van der Waals surface area contributed by atoms with Gasteiger partial charge in [0.15, 0.2) is 11.6 Å². The molecule has 1 amide bonds. The predicted octanol–water partition coefficient (Wildman–Crippen LogP) is 2.05. The smallest absolute Gasteiger partial charge is 0.220 e. The SMILES string of the molecule is COCCCNC(=O)CCc1ccc(F)c(F)c1. The van der Waals surface area contributed by atoms with Crippen LogP contribution >= 0.6 is 0 Å². The minimum Gasteiger partial charge on any atom is -0.385 e. The average molecular weight is 257 g/mol. The molecule has 0 radical (unpaired) electrons. The molecule has 0 fully saturated rings. The van der Waals surface area contributed by atoms with Crippen molar-refractivity contribution in [2.75, 3.05) is 20.3 Å². The summed E-state index contributed by atoms with van der Waals surface area (Å²) in [6.07, 6.45) is 1.42. The summed E-state index contributed by atoms with van der Waals surface area (Å²) >= 11 is 0. The van der Waals surface area contributed by atoms with Crippen molar-refractivity contribution in [2.24, 2.45) is 0 Å². The molecule has 1 aromatic rings. The molecule has 0 heterocycles. The summed E-state index contributed by atoms with van der Waals surface area (Å²) in [7, 11) is 1.60. The fourth-order valence-electron chi connectivity index (χ4n) is 1.49. The number of ether oxygens (including phenoxy) is 1. The number of halogens is 2. The highest BCUT2D eigenvalue weighted by atomic mass is 19.2. The van der Waals surface area contributed by atoms with Gasteiger partial charge in [-0.3, -0.25) is 4.79 Å². The molecular formula is C13H17F2NO2. The van der Waals surface area contributed by atoms with Crippen molar-refractivity contribution in [2.45, 2.75) is 19.3 Å². The Morgan fingerprint density at radius 2 is 2.11 bits per heavy atom. The molecule has 5 heteroatoms. The average Bonchev–Trinajstić information content (AvgIpc) is 2.36. The van der Waals surface area contributed by atoms with Crippen LogP contribution in [-0.4, -0.2) is 26.2 Å². The highest BCUT2D eigenvalue weighted by Crippen LogP contribution is 2.10. The lowest BCUT2D eigenvalue weighted by atomic mass is 10.1. The van der Waals surface area contributed by atoms with Gasteiger partial charge in [-0.2, -0.15) is 0 Å². The van der Waals surface area contributed by atoms with Crippen molar-refractivity contribution >= 4 is 5.91 Å². The molecule has 0 aliphatic rings. The molecule has 0 aromatic heterocycles. The van der Waals surface area contributed by atoms with Gasteiger partial charge in [0.25, 0.3) is 0 Å². The van der Waals surface area contributed by atoms with Gasteiger partial charge in [-0.25, -0.2) is 8.78 Å². The van der Waals surface area contributed by atoms with E-state index >= 15 is 0 Å². The Labute approximate surface area is 105 Å². The lowest BCUT2D eigenvalue weighted by Gasteiger charge is -2.05. The summed E-state index contributed by atoms with van der Waals surface area (Å²) in [5.41, 5.74) is 0.612. The quantitative estimate of drug-likeness (QED) is 0.759. The first-order chi connectivity index (χ1) is 8.63. The zero-order valence-electron chi connectivity index (χ0n) is 10.3. The van der Waals surface area contributed by atoms with Crippen LogP contribution in [0.25, 0.3) is 0 Å². The number of methoxy groups -OCH3 is 1. The number of hydrogen-bond acceptors (Lipinski definition) is 2. The number of nitrogens with one attached hydrogen (secondary N) is 1. The Balaban J connectivity index is 2.27. The van der Waals surface area contributed by atoms with Gasteiger partial charge in [-0.15, -0.1) is 0 Å². The molecule has 0 saturated heterocycles. The normalized spacial score (nSPS) is 10.4. The van der Waals surface area contributed by atoms with Crippen molar-refractivity contribution in [1.29, 1.82) is 0 Å². The molecule has 0 spiro atoms. The Kier molecular flexibility index (Phi) is 6.28. The van der Waals surface area contributed by atoms with Gasteiger partial charge in [0.05, 0.1) is 0 Å². The van der Waals surface area contributed by atoms with Crippen LogP contribution in [0.1, 0.15) is 18.4 Å². The maximum absolute atomic E-state index is 12.9. The van der Waals surface area contributed by atoms with E-state index in [0.717, 1.165) is 18.6 Å². The Morgan fingerprint density at radius 3 is 2.78 bits per heavy atom. The number of aryl methyl sites for hydroxylation is 1. The second-order valence-corrected chi connectivity index (χ2v) is 3.94. The van der Waals surface area contributed by atoms with Crippen LogP contribution in [0.3, 0.4) is 0 Å². The van der Waals surface area contributed by atoms with Crippen LogP contribution in [0.2, 0.25) is 0 Å². The summed E-state index contributed by atoms with van der Waals surface area (Å²) in [4.78, 5) is 11.4. The molecule has 0 saturated carbocycles. The highest BCUT2D eigenvalue weighted by molar-refractivity contribution is 5.76. The van der Waals surface area contributed by atoms with Crippen LogP contribution in [-0.2, 0) is 16.0 Å². The van der Waals surface area contributed by atoms with Gasteiger partial charge in [0, 0.05) is 26.7 Å². The van der Waals surface area contributed by atoms with Crippen LogP contribution < -0.4 is 5.32 Å². The van der Waals surface area contributed by atoms with Gasteiger partial charge < -0.3 is 10.1 Å². The van der Waals surface area contributed by atoms with Crippen LogP contribution in [0, 0.1) is 11.6 Å². The van der Waals surface area contributed by atoms with E-state index in [4.69, 9.17) is 4.74 Å². The van der Waals surface area contributed by atoms with Crippen molar-refractivity contribution in [1.82, 2.24) is 5.32 Å². The lowest BCUT2D eigenvalue weighted by molar-refractivity contribution is -0.121. The van der Waals surface area contributed by atoms with Crippen LogP contribution in [0.4, 0.5) is 8.78 Å². The highest BCUT2D eigenvalue weighted by Gasteiger charge is 2.05. The standard InChI is InChI=1S/C13H17F2NO2/c1-18-8-2-7-16-13(17)6-4-10-3-5-11(14)12(15)9-10/h3,5,9H,2,4,6-8H2,1H3,(H,16,17). The van der Waals surface area contributed by atoms with Crippen LogP contribution in [0.5, 0.6) is 0 Å². The Bertz CT molecular complexity index is 397. The molecule has 1 N–H and O–H groups in total. The van der Waals surface area contributed by atoms with E-state index in [9.17, 15) is 13.6 Å². The molecule has 0 bridgehead atoms. The number of amides is 1. The molecule has 0 aliphatic carbocycles. The first kappa shape index (κ1) is 14.6. The molecule has 3 nitrogen and oxygen atoms in total. The fourth-order valence-corrected chi connectivity index (χ4v) is 1.49. The van der Waals surface area contributed by atoms with E-state index in [-0.39, 0.29) is 12.3 Å². The third-order valence-corrected chi connectivity index (χ3v) is 2.47. The predicted molar refractivity (Wildman–Crippen MR) is 64.2 cm³/mol. The second-order valence-electron chi connectivity index (χ2n) is 3.94. The van der Waals surface area contributed by atoms with Crippen molar-refractivity contribution in [3.63, 3.8) is 0 Å². The number of carbonyl (C=O) groups excluding carboxylic acids is 1. The van der Waals surface area contributed by atoms with Gasteiger partial charge in [0.1, 0.15) is 0 Å². The van der Waals surface area contributed by atoms with E-state index < -0.39 is 11.6 Å². The summed E-state index contributed by atoms with van der Waals surface area (Å²) in [6.45, 7) is 1.16. The first-order valence-corrected chi connectivity index (χ1v) is 5.83. The Morgan fingerprint density at radius 1 is 1.33 bits per heavy atom. The van der Waals surface area contributed by atoms with E-state index in [2.05, 4.69) is 5.32 Å². The summed E-state index contributed by atoms with van der Waals surface area (Å²) < 4.78 is 30.4. The van der Waals surface area contributed by atoms with Crippen LogP contribution in [0.15, 0.2) is 18.2 Å². The fraction of sp³-hybridized carbons (Fsp3) is 0.462. The van der Waals surface area contributed by atoms with Crippen molar-refractivity contribution in [3.05, 3.63) is 35.4 Å². The molecule has 1 rings (SSSR count). The largest absolute Gasteiger partial charge is 0.385 e. The lowest BCUT2D eigenvalue weighted by Crippen LogP contribution is -2.25. The molecule has 18 heavy (non-hydrogen) atoms. The van der Waals surface area contributed by atoms with E-state index in [1.54, 1.807) is 7.11 Å². The first-order valence-electron chi connectivity index (χ1n) is 5.83. The topological polar surface area (TPSA) is 38.3 Å².